The second-order valence-corrected chi connectivity index (χ2v) is 4.40. The topological polar surface area (TPSA) is 49.9 Å². The van der Waals surface area contributed by atoms with E-state index < -0.39 is 11.4 Å². The smallest absolute Gasteiger partial charge is 0.284 e. The summed E-state index contributed by atoms with van der Waals surface area (Å²) in [6.45, 7) is 0. The molecule has 0 aliphatic carbocycles. The molecule has 1 N–H and O–H groups in total. The molecule has 0 atom stereocenters. The third-order valence-electron chi connectivity index (χ3n) is 3.26. The molecule has 4 heteroatoms. The molecule has 0 saturated carbocycles. The molecule has 20 heavy (non-hydrogen) atoms. The van der Waals surface area contributed by atoms with E-state index in [1.54, 1.807) is 18.2 Å². The SMILES string of the molecule is O=Cc1ccc2ccccc2c1-c1cc[nH]c(=O)c1F. The molecule has 0 spiro atoms. The summed E-state index contributed by atoms with van der Waals surface area (Å²) in [6, 6.07) is 12.2. The van der Waals surface area contributed by atoms with Crippen molar-refractivity contribution >= 4 is 17.1 Å². The van der Waals surface area contributed by atoms with Crippen molar-refractivity contribution in [1.82, 2.24) is 4.98 Å². The first-order valence-electron chi connectivity index (χ1n) is 6.07. The summed E-state index contributed by atoms with van der Waals surface area (Å²) in [7, 11) is 0. The van der Waals surface area contributed by atoms with Crippen molar-refractivity contribution in [1.29, 1.82) is 0 Å². The highest BCUT2D eigenvalue weighted by Crippen LogP contribution is 2.31. The zero-order valence-electron chi connectivity index (χ0n) is 10.4. The van der Waals surface area contributed by atoms with Crippen LogP contribution in [0.2, 0.25) is 0 Å². The minimum absolute atomic E-state index is 0.132. The van der Waals surface area contributed by atoms with Gasteiger partial charge in [-0.15, -0.1) is 0 Å². The molecule has 1 aromatic heterocycles. The van der Waals surface area contributed by atoms with E-state index in [2.05, 4.69) is 4.98 Å². The van der Waals surface area contributed by atoms with E-state index in [4.69, 9.17) is 0 Å². The number of fused-ring (bicyclic) bond motifs is 1. The van der Waals surface area contributed by atoms with Crippen LogP contribution in [0.4, 0.5) is 4.39 Å². The molecule has 2 aromatic carbocycles. The molecule has 0 amide bonds. The van der Waals surface area contributed by atoms with Gasteiger partial charge in [0.1, 0.15) is 0 Å². The molecule has 1 heterocycles. The highest BCUT2D eigenvalue weighted by molar-refractivity contribution is 6.04. The normalized spacial score (nSPS) is 10.7. The molecule has 98 valence electrons. The van der Waals surface area contributed by atoms with Crippen LogP contribution in [0.15, 0.2) is 53.5 Å². The van der Waals surface area contributed by atoms with Gasteiger partial charge in [0.05, 0.1) is 0 Å². The fourth-order valence-corrected chi connectivity index (χ4v) is 2.34. The Hall–Kier alpha value is -2.75. The number of rotatable bonds is 2. The van der Waals surface area contributed by atoms with Gasteiger partial charge < -0.3 is 4.98 Å². The van der Waals surface area contributed by atoms with E-state index in [0.717, 1.165) is 10.8 Å². The van der Waals surface area contributed by atoms with Crippen LogP contribution in [-0.2, 0) is 0 Å². The molecule has 0 fully saturated rings. The first-order chi connectivity index (χ1) is 9.72. The highest BCUT2D eigenvalue weighted by Gasteiger charge is 2.15. The Labute approximate surface area is 113 Å². The number of nitrogens with one attached hydrogen (secondary N) is 1. The fourth-order valence-electron chi connectivity index (χ4n) is 2.34. The standard InChI is InChI=1S/C16H10FNO2/c17-15-13(7-8-18-16(15)20)14-11(9-19)6-5-10-3-1-2-4-12(10)14/h1-9H,(H,18,20). The zero-order valence-corrected chi connectivity index (χ0v) is 10.4. The summed E-state index contributed by atoms with van der Waals surface area (Å²) < 4.78 is 14.1. The maximum Gasteiger partial charge on any atom is 0.284 e. The summed E-state index contributed by atoms with van der Waals surface area (Å²) in [5.41, 5.74) is 0.134. The third kappa shape index (κ3) is 1.82. The molecular weight excluding hydrogens is 257 g/mol. The van der Waals surface area contributed by atoms with Crippen LogP contribution in [0.5, 0.6) is 0 Å². The van der Waals surface area contributed by atoms with Crippen LogP contribution < -0.4 is 5.56 Å². The minimum atomic E-state index is -0.882. The quantitative estimate of drug-likeness (QED) is 0.725. The van der Waals surface area contributed by atoms with E-state index in [0.29, 0.717) is 17.4 Å². The van der Waals surface area contributed by atoms with E-state index >= 15 is 0 Å². The molecule has 0 radical (unpaired) electrons. The molecule has 3 rings (SSSR count). The van der Waals surface area contributed by atoms with Crippen molar-refractivity contribution in [2.24, 2.45) is 0 Å². The van der Waals surface area contributed by atoms with Crippen LogP contribution in [-0.4, -0.2) is 11.3 Å². The van der Waals surface area contributed by atoms with Gasteiger partial charge in [-0.05, 0) is 16.8 Å². The summed E-state index contributed by atoms with van der Waals surface area (Å²) in [6.07, 6.45) is 2.04. The van der Waals surface area contributed by atoms with Crippen molar-refractivity contribution in [3.63, 3.8) is 0 Å². The highest BCUT2D eigenvalue weighted by atomic mass is 19.1. The Bertz CT molecular complexity index is 868. The lowest BCUT2D eigenvalue weighted by Crippen LogP contribution is -2.11. The minimum Gasteiger partial charge on any atom is -0.327 e. The van der Waals surface area contributed by atoms with E-state index in [1.807, 2.05) is 18.2 Å². The van der Waals surface area contributed by atoms with Crippen LogP contribution in [0.3, 0.4) is 0 Å². The number of carbonyl (C=O) groups excluding carboxylic acids is 1. The van der Waals surface area contributed by atoms with Gasteiger partial charge in [0.25, 0.3) is 5.56 Å². The van der Waals surface area contributed by atoms with Gasteiger partial charge in [-0.1, -0.05) is 36.4 Å². The molecule has 0 bridgehead atoms. The molecule has 0 aliphatic rings. The first-order valence-corrected chi connectivity index (χ1v) is 6.07. The Kier molecular flexibility index (Phi) is 2.91. The largest absolute Gasteiger partial charge is 0.327 e. The molecule has 0 unspecified atom stereocenters. The summed E-state index contributed by atoms with van der Waals surface area (Å²) in [5, 5.41) is 1.62. The van der Waals surface area contributed by atoms with Crippen molar-refractivity contribution in [3.8, 4) is 11.1 Å². The van der Waals surface area contributed by atoms with Crippen LogP contribution in [0.25, 0.3) is 21.9 Å². The predicted molar refractivity (Wildman–Crippen MR) is 75.4 cm³/mol. The molecule has 0 aliphatic heterocycles. The Morgan fingerprint density at radius 1 is 1.05 bits per heavy atom. The Morgan fingerprint density at radius 2 is 1.85 bits per heavy atom. The van der Waals surface area contributed by atoms with Gasteiger partial charge >= 0.3 is 0 Å². The molecular formula is C16H10FNO2. The number of H-pyrrole nitrogens is 1. The number of benzene rings is 2. The Morgan fingerprint density at radius 3 is 2.65 bits per heavy atom. The van der Waals surface area contributed by atoms with Gasteiger partial charge in [0.2, 0.25) is 0 Å². The van der Waals surface area contributed by atoms with E-state index in [1.165, 1.54) is 12.3 Å². The van der Waals surface area contributed by atoms with Crippen LogP contribution in [0.1, 0.15) is 10.4 Å². The lowest BCUT2D eigenvalue weighted by atomic mass is 9.94. The summed E-state index contributed by atoms with van der Waals surface area (Å²) in [5.74, 6) is -0.882. The number of halogens is 1. The lowest BCUT2D eigenvalue weighted by Gasteiger charge is -2.10. The maximum atomic E-state index is 14.1. The average Bonchev–Trinajstić information content (AvgIpc) is 2.49. The first kappa shape index (κ1) is 12.3. The van der Waals surface area contributed by atoms with Gasteiger partial charge in [-0.2, -0.15) is 0 Å². The van der Waals surface area contributed by atoms with Crippen LogP contribution in [0, 0.1) is 5.82 Å². The second-order valence-electron chi connectivity index (χ2n) is 4.40. The molecule has 3 aromatic rings. The fraction of sp³-hybridized carbons (Fsp3) is 0. The van der Waals surface area contributed by atoms with Crippen molar-refractivity contribution in [3.05, 3.63) is 70.4 Å². The Balaban J connectivity index is 2.48. The molecule has 3 nitrogen and oxygen atoms in total. The van der Waals surface area contributed by atoms with Crippen molar-refractivity contribution < 1.29 is 9.18 Å². The third-order valence-corrected chi connectivity index (χ3v) is 3.26. The number of aromatic nitrogens is 1. The number of aromatic amines is 1. The van der Waals surface area contributed by atoms with Gasteiger partial charge in [0, 0.05) is 22.9 Å². The molecule has 0 saturated heterocycles. The predicted octanol–water partition coefficient (Wildman–Crippen LogP) is 3.15. The number of hydrogen-bond donors (Lipinski definition) is 1. The summed E-state index contributed by atoms with van der Waals surface area (Å²) in [4.78, 5) is 24.9. The summed E-state index contributed by atoms with van der Waals surface area (Å²) >= 11 is 0. The van der Waals surface area contributed by atoms with Gasteiger partial charge in [0.15, 0.2) is 12.1 Å². The van der Waals surface area contributed by atoms with Crippen LogP contribution >= 0.6 is 0 Å². The van der Waals surface area contributed by atoms with Crippen molar-refractivity contribution in [2.45, 2.75) is 0 Å². The second kappa shape index (κ2) is 4.74. The number of carbonyl (C=O) groups is 1. The zero-order chi connectivity index (χ0) is 14.1. The number of hydrogen-bond acceptors (Lipinski definition) is 2. The lowest BCUT2D eigenvalue weighted by molar-refractivity contribution is 0.112. The number of pyridine rings is 1. The monoisotopic (exact) mass is 267 g/mol. The van der Waals surface area contributed by atoms with Crippen molar-refractivity contribution in [2.75, 3.05) is 0 Å². The number of aldehydes is 1. The average molecular weight is 267 g/mol. The van der Waals surface area contributed by atoms with E-state index in [-0.39, 0.29) is 5.56 Å². The maximum absolute atomic E-state index is 14.1. The van der Waals surface area contributed by atoms with Gasteiger partial charge in [-0.3, -0.25) is 9.59 Å². The van der Waals surface area contributed by atoms with Gasteiger partial charge in [-0.25, -0.2) is 4.39 Å². The van der Waals surface area contributed by atoms with E-state index in [9.17, 15) is 14.0 Å².